The molecule has 0 saturated carbocycles. The maximum atomic E-state index is 4.18. The van der Waals surface area contributed by atoms with Gasteiger partial charge in [0, 0.05) is 6.20 Å². The van der Waals surface area contributed by atoms with E-state index in [2.05, 4.69) is 26.0 Å². The molecule has 0 aliphatic carbocycles. The van der Waals surface area contributed by atoms with Gasteiger partial charge < -0.3 is 0 Å². The number of hydrogen-bond donors (Lipinski definition) is 0. The Balaban J connectivity index is 2.86. The van der Waals surface area contributed by atoms with Crippen LogP contribution in [0.25, 0.3) is 5.65 Å². The van der Waals surface area contributed by atoms with Gasteiger partial charge in [-0.15, -0.1) is 0 Å². The van der Waals surface area contributed by atoms with Gasteiger partial charge in [-0.05, 0) is 22.0 Å². The van der Waals surface area contributed by atoms with Gasteiger partial charge >= 0.3 is 0 Å². The molecule has 5 heteroatoms. The fourth-order valence-corrected chi connectivity index (χ4v) is 1.69. The minimum atomic E-state index is 0.897. The fourth-order valence-electron chi connectivity index (χ4n) is 0.941. The van der Waals surface area contributed by atoms with Crippen LogP contribution in [-0.2, 0) is 0 Å². The molecule has 0 aliphatic heterocycles. The second-order valence-electron chi connectivity index (χ2n) is 2.38. The maximum Gasteiger partial charge on any atom is 0.261 e. The van der Waals surface area contributed by atoms with Crippen molar-refractivity contribution in [3.63, 3.8) is 0 Å². The first-order valence-corrected chi connectivity index (χ1v) is 5.02. The van der Waals surface area contributed by atoms with E-state index in [9.17, 15) is 0 Å². The van der Waals surface area contributed by atoms with Crippen LogP contribution in [-0.4, -0.2) is 30.9 Å². The predicted octanol–water partition coefficient (Wildman–Crippen LogP) is -0.250. The second kappa shape index (κ2) is 2.59. The van der Waals surface area contributed by atoms with E-state index < -0.39 is 0 Å². The summed E-state index contributed by atoms with van der Waals surface area (Å²) in [5.74, 6) is 0. The standard InChI is InChI=1S/C6H3BrN3.Al.2H/c7-5-4-8-6-2-1-3-9-10(5)6;;;/h2-4H;;;. The first-order valence-electron chi connectivity index (χ1n) is 3.23. The summed E-state index contributed by atoms with van der Waals surface area (Å²) >= 11 is 4.36. The van der Waals surface area contributed by atoms with Crippen LogP contribution < -0.4 is 4.43 Å². The van der Waals surface area contributed by atoms with Gasteiger partial charge in [0.1, 0.15) is 4.60 Å². The number of nitrogens with zero attached hydrogens (tertiary/aromatic N) is 3. The molecule has 0 atom stereocenters. The van der Waals surface area contributed by atoms with Crippen LogP contribution in [0.2, 0.25) is 0 Å². The van der Waals surface area contributed by atoms with Crippen LogP contribution in [0.15, 0.2) is 23.1 Å². The molecule has 0 amide bonds. The normalized spacial score (nSPS) is 10.6. The second-order valence-corrected chi connectivity index (χ2v) is 4.35. The lowest BCUT2D eigenvalue weighted by Gasteiger charge is -1.93. The third kappa shape index (κ3) is 1.20. The molecule has 0 unspecified atom stereocenters. The number of fused-ring (bicyclic) bond motifs is 1. The molecule has 0 bridgehead atoms. The highest BCUT2D eigenvalue weighted by atomic mass is 79.9. The Morgan fingerprint density at radius 3 is 3.09 bits per heavy atom. The van der Waals surface area contributed by atoms with Crippen molar-refractivity contribution >= 4 is 42.3 Å². The summed E-state index contributed by atoms with van der Waals surface area (Å²) in [6.45, 7) is 0. The van der Waals surface area contributed by atoms with Crippen LogP contribution in [0.1, 0.15) is 0 Å². The van der Waals surface area contributed by atoms with Crippen molar-refractivity contribution in [2.75, 3.05) is 0 Å². The number of aromatic nitrogens is 3. The fraction of sp³-hybridized carbons (Fsp3) is 0. The zero-order chi connectivity index (χ0) is 7.84. The van der Waals surface area contributed by atoms with Crippen LogP contribution in [0, 0.1) is 0 Å². The molecule has 11 heavy (non-hydrogen) atoms. The van der Waals surface area contributed by atoms with E-state index >= 15 is 0 Å². The Kier molecular flexibility index (Phi) is 1.72. The van der Waals surface area contributed by atoms with Crippen molar-refractivity contribution in [1.29, 1.82) is 0 Å². The molecular formula is C6H5AlBrN3. The first-order chi connectivity index (χ1) is 5.27. The Morgan fingerprint density at radius 2 is 2.27 bits per heavy atom. The van der Waals surface area contributed by atoms with E-state index in [1.807, 2.05) is 12.3 Å². The number of rotatable bonds is 0. The van der Waals surface area contributed by atoms with Crippen molar-refractivity contribution in [2.24, 2.45) is 0 Å². The van der Waals surface area contributed by atoms with Gasteiger partial charge in [-0.1, -0.05) is 4.43 Å². The molecule has 0 aliphatic rings. The molecule has 54 valence electrons. The highest BCUT2D eigenvalue weighted by Gasteiger charge is 1.98. The van der Waals surface area contributed by atoms with Gasteiger partial charge in [-0.3, -0.25) is 0 Å². The van der Waals surface area contributed by atoms with E-state index in [4.69, 9.17) is 0 Å². The van der Waals surface area contributed by atoms with Crippen LogP contribution in [0.3, 0.4) is 0 Å². The predicted molar refractivity (Wildman–Crippen MR) is 48.9 cm³/mol. The number of hydrogen-bond acceptors (Lipinski definition) is 2. The van der Waals surface area contributed by atoms with Crippen molar-refractivity contribution in [2.45, 2.75) is 0 Å². The summed E-state index contributed by atoms with van der Waals surface area (Å²) in [7, 11) is 0. The van der Waals surface area contributed by atoms with Gasteiger partial charge in [0.25, 0.3) is 16.3 Å². The zero-order valence-electron chi connectivity index (χ0n) is 5.95. The van der Waals surface area contributed by atoms with Gasteiger partial charge in [-0.2, -0.15) is 5.10 Å². The van der Waals surface area contributed by atoms with E-state index in [1.165, 1.54) is 4.43 Å². The first kappa shape index (κ1) is 7.29. The van der Waals surface area contributed by atoms with Crippen molar-refractivity contribution in [1.82, 2.24) is 14.6 Å². The van der Waals surface area contributed by atoms with Crippen molar-refractivity contribution < 1.29 is 0 Å². The van der Waals surface area contributed by atoms with E-state index in [-0.39, 0.29) is 0 Å². The summed E-state index contributed by atoms with van der Waals surface area (Å²) in [4.78, 5) is 4.15. The van der Waals surface area contributed by atoms with Crippen molar-refractivity contribution in [3.8, 4) is 0 Å². The van der Waals surface area contributed by atoms with Gasteiger partial charge in [-0.25, -0.2) is 9.50 Å². The number of halogens is 1. The van der Waals surface area contributed by atoms with Crippen molar-refractivity contribution in [3.05, 3.63) is 23.1 Å². The van der Waals surface area contributed by atoms with E-state index in [0.29, 0.717) is 0 Å². The minimum absolute atomic E-state index is 0.897. The Labute approximate surface area is 80.0 Å². The lowest BCUT2D eigenvalue weighted by Crippen LogP contribution is -2.06. The summed E-state index contributed by atoms with van der Waals surface area (Å²) in [5, 5.41) is 4.18. The highest BCUT2D eigenvalue weighted by molar-refractivity contribution is 9.10. The highest BCUT2D eigenvalue weighted by Crippen LogP contribution is 2.08. The van der Waals surface area contributed by atoms with Gasteiger partial charge in [0.2, 0.25) is 0 Å². The summed E-state index contributed by atoms with van der Waals surface area (Å²) < 4.78 is 3.92. The molecule has 0 fully saturated rings. The van der Waals surface area contributed by atoms with E-state index in [0.717, 1.165) is 26.5 Å². The monoisotopic (exact) mass is 225 g/mol. The molecule has 0 saturated heterocycles. The summed E-state index contributed by atoms with van der Waals surface area (Å²) in [6.07, 6.45) is 3.62. The average Bonchev–Trinajstić information content (AvgIpc) is 2.32. The minimum Gasteiger partial charge on any atom is -0.234 e. The molecule has 0 spiro atoms. The lowest BCUT2D eigenvalue weighted by atomic mass is 10.5. The maximum absolute atomic E-state index is 4.18. The Bertz CT molecular complexity index is 398. The smallest absolute Gasteiger partial charge is 0.234 e. The van der Waals surface area contributed by atoms with Crippen LogP contribution in [0.5, 0.6) is 0 Å². The average molecular weight is 226 g/mol. The topological polar surface area (TPSA) is 30.2 Å². The molecule has 2 heterocycles. The molecule has 2 aromatic rings. The largest absolute Gasteiger partial charge is 0.261 e. The molecule has 2 aromatic heterocycles. The molecule has 0 radical (unpaired) electrons. The Hall–Kier alpha value is -0.368. The third-order valence-electron chi connectivity index (χ3n) is 1.46. The molecule has 3 nitrogen and oxygen atoms in total. The Morgan fingerprint density at radius 1 is 1.45 bits per heavy atom. The zero-order valence-corrected chi connectivity index (χ0v) is 9.54. The summed E-state index contributed by atoms with van der Waals surface area (Å²) in [6, 6.07) is 2.05. The van der Waals surface area contributed by atoms with Gasteiger partial charge in [0.15, 0.2) is 5.65 Å². The molecule has 0 N–H and O–H groups in total. The van der Waals surface area contributed by atoms with Crippen LogP contribution >= 0.6 is 15.9 Å². The molecular weight excluding hydrogens is 221 g/mol. The molecule has 2 rings (SSSR count). The number of imidazole rings is 1. The SMILES string of the molecule is [AlH2][c]1cnn2c(Br)cnc2c1. The molecule has 0 aromatic carbocycles. The summed E-state index contributed by atoms with van der Waals surface area (Å²) in [5.41, 5.74) is 0.907. The lowest BCUT2D eigenvalue weighted by molar-refractivity contribution is 0.921. The quantitative estimate of drug-likeness (QED) is 0.580. The van der Waals surface area contributed by atoms with Gasteiger partial charge in [0.05, 0.1) is 6.20 Å². The van der Waals surface area contributed by atoms with E-state index in [1.54, 1.807) is 10.7 Å². The van der Waals surface area contributed by atoms with Crippen LogP contribution in [0.4, 0.5) is 0 Å². The third-order valence-corrected chi connectivity index (χ3v) is 2.54.